The van der Waals surface area contributed by atoms with Gasteiger partial charge in [0.05, 0.1) is 0 Å². The zero-order valence-corrected chi connectivity index (χ0v) is 15.7. The van der Waals surface area contributed by atoms with Gasteiger partial charge in [0.2, 0.25) is 0 Å². The predicted octanol–water partition coefficient (Wildman–Crippen LogP) is 2.25. The van der Waals surface area contributed by atoms with Crippen LogP contribution in [0.1, 0.15) is 38.5 Å². The second-order valence-corrected chi connectivity index (χ2v) is 9.02. The van der Waals surface area contributed by atoms with E-state index >= 15 is 0 Å². The highest BCUT2D eigenvalue weighted by atomic mass is 33.1. The van der Waals surface area contributed by atoms with Crippen LogP contribution in [0.3, 0.4) is 0 Å². The van der Waals surface area contributed by atoms with E-state index < -0.39 is 24.0 Å². The summed E-state index contributed by atoms with van der Waals surface area (Å²) in [7, 11) is 2.99. The summed E-state index contributed by atoms with van der Waals surface area (Å²) in [4.78, 5) is 27.1. The number of carboxylic acids is 2. The van der Waals surface area contributed by atoms with Crippen molar-refractivity contribution in [2.24, 2.45) is 0 Å². The summed E-state index contributed by atoms with van der Waals surface area (Å²) in [5.74, 6) is -0.523. The smallest absolute Gasteiger partial charge is 0.321 e. The molecule has 2 atom stereocenters. The predicted molar refractivity (Wildman–Crippen MR) is 98.6 cm³/mol. The molecule has 0 saturated carbocycles. The number of rotatable bonds is 9. The van der Waals surface area contributed by atoms with Crippen LogP contribution in [0, 0.1) is 0 Å². The Morgan fingerprint density at radius 1 is 0.708 bits per heavy atom. The molecule has 0 radical (unpaired) electrons. The van der Waals surface area contributed by atoms with Crippen LogP contribution in [0.25, 0.3) is 0 Å². The second kappa shape index (κ2) is 10.5. The van der Waals surface area contributed by atoms with E-state index in [1.807, 2.05) is 0 Å². The summed E-state index contributed by atoms with van der Waals surface area (Å²) in [5, 5.41) is 18.9. The van der Waals surface area contributed by atoms with Crippen LogP contribution in [0.2, 0.25) is 0 Å². The molecule has 2 rings (SSSR count). The average molecular weight is 377 g/mol. The lowest BCUT2D eigenvalue weighted by Crippen LogP contribution is -2.46. The Morgan fingerprint density at radius 3 is 1.33 bits per heavy atom. The number of hydrogen-bond acceptors (Lipinski definition) is 6. The van der Waals surface area contributed by atoms with E-state index in [9.17, 15) is 19.8 Å². The van der Waals surface area contributed by atoms with Crippen LogP contribution >= 0.6 is 21.6 Å². The van der Waals surface area contributed by atoms with Crippen LogP contribution in [0.15, 0.2) is 0 Å². The standard InChI is InChI=1S/C16H28N2O4S2/c19-15(20)13(17-7-3-1-4-8-17)11-23-24-12-14(16(21)22)18-9-5-2-6-10-18/h13-14H,1-12H2,(H,19,20)(H,21,22). The van der Waals surface area contributed by atoms with Crippen LogP contribution in [-0.2, 0) is 9.59 Å². The highest BCUT2D eigenvalue weighted by Crippen LogP contribution is 2.27. The number of carboxylic acid groups (broad SMARTS) is 2. The van der Waals surface area contributed by atoms with E-state index in [1.54, 1.807) is 0 Å². The molecular formula is C16H28N2O4S2. The molecule has 0 spiro atoms. The molecule has 0 aromatic carbocycles. The molecule has 8 heteroatoms. The Kier molecular flexibility index (Phi) is 8.72. The molecule has 138 valence electrons. The Labute approximate surface area is 151 Å². The SMILES string of the molecule is O=C(O)C(CSSCC(C(=O)O)N1CCCCC1)N1CCCCC1. The number of nitrogens with zero attached hydrogens (tertiary/aromatic N) is 2. The van der Waals surface area contributed by atoms with Crippen molar-refractivity contribution in [3.63, 3.8) is 0 Å². The molecule has 0 aromatic heterocycles. The minimum Gasteiger partial charge on any atom is -0.480 e. The normalized spacial score (nSPS) is 22.8. The molecule has 2 aliphatic heterocycles. The van der Waals surface area contributed by atoms with Crippen LogP contribution in [-0.4, -0.2) is 81.7 Å². The van der Waals surface area contributed by atoms with Crippen LogP contribution < -0.4 is 0 Å². The number of carbonyl (C=O) groups is 2. The van der Waals surface area contributed by atoms with Gasteiger partial charge in [0.25, 0.3) is 0 Å². The average Bonchev–Trinajstić information content (AvgIpc) is 2.59. The molecular weight excluding hydrogens is 348 g/mol. The van der Waals surface area contributed by atoms with Crippen molar-refractivity contribution in [3.8, 4) is 0 Å². The number of likely N-dealkylation sites (tertiary alicyclic amines) is 2. The number of aliphatic carboxylic acids is 2. The lowest BCUT2D eigenvalue weighted by molar-refractivity contribution is -0.143. The second-order valence-electron chi connectivity index (χ2n) is 6.47. The highest BCUT2D eigenvalue weighted by Gasteiger charge is 2.29. The number of piperidine rings is 2. The fourth-order valence-corrected chi connectivity index (χ4v) is 5.86. The first-order valence-corrected chi connectivity index (χ1v) is 11.3. The monoisotopic (exact) mass is 376 g/mol. The van der Waals surface area contributed by atoms with Gasteiger partial charge in [-0.15, -0.1) is 0 Å². The molecule has 2 N–H and O–H groups in total. The van der Waals surface area contributed by atoms with Crippen LogP contribution in [0.4, 0.5) is 0 Å². The van der Waals surface area contributed by atoms with Gasteiger partial charge in [-0.2, -0.15) is 0 Å². The van der Waals surface area contributed by atoms with Crippen molar-refractivity contribution < 1.29 is 19.8 Å². The van der Waals surface area contributed by atoms with Gasteiger partial charge >= 0.3 is 11.9 Å². The van der Waals surface area contributed by atoms with E-state index in [0.29, 0.717) is 11.5 Å². The third-order valence-electron chi connectivity index (χ3n) is 4.77. The maximum Gasteiger partial charge on any atom is 0.321 e. The molecule has 2 heterocycles. The first-order chi connectivity index (χ1) is 11.6. The van der Waals surface area contributed by atoms with E-state index in [-0.39, 0.29) is 0 Å². The summed E-state index contributed by atoms with van der Waals surface area (Å²) in [6.07, 6.45) is 6.63. The largest absolute Gasteiger partial charge is 0.480 e. The molecule has 0 aliphatic carbocycles. The van der Waals surface area contributed by atoms with Crippen LogP contribution in [0.5, 0.6) is 0 Å². The highest BCUT2D eigenvalue weighted by molar-refractivity contribution is 8.76. The number of hydrogen-bond donors (Lipinski definition) is 2. The van der Waals surface area contributed by atoms with Crippen molar-refractivity contribution in [1.82, 2.24) is 9.80 Å². The van der Waals surface area contributed by atoms with Gasteiger partial charge in [0, 0.05) is 11.5 Å². The van der Waals surface area contributed by atoms with E-state index in [1.165, 1.54) is 34.4 Å². The zero-order chi connectivity index (χ0) is 17.4. The molecule has 0 amide bonds. The first kappa shape index (κ1) is 19.9. The van der Waals surface area contributed by atoms with Crippen molar-refractivity contribution in [2.75, 3.05) is 37.7 Å². The molecule has 0 bridgehead atoms. The van der Waals surface area contributed by atoms with E-state index in [4.69, 9.17) is 0 Å². The molecule has 2 fully saturated rings. The van der Waals surface area contributed by atoms with E-state index in [0.717, 1.165) is 51.9 Å². The maximum absolute atomic E-state index is 11.5. The Bertz CT molecular complexity index is 375. The summed E-state index contributed by atoms with van der Waals surface area (Å²) in [6.45, 7) is 3.42. The Hall–Kier alpha value is -0.440. The van der Waals surface area contributed by atoms with Gasteiger partial charge < -0.3 is 10.2 Å². The summed E-state index contributed by atoms with van der Waals surface area (Å²) < 4.78 is 0. The quantitative estimate of drug-likeness (QED) is 0.468. The van der Waals surface area contributed by atoms with Gasteiger partial charge in [0.1, 0.15) is 12.1 Å². The van der Waals surface area contributed by atoms with Gasteiger partial charge in [-0.05, 0) is 51.9 Å². The van der Waals surface area contributed by atoms with Gasteiger partial charge in [-0.25, -0.2) is 0 Å². The lowest BCUT2D eigenvalue weighted by Gasteiger charge is -2.32. The molecule has 2 saturated heterocycles. The maximum atomic E-state index is 11.5. The van der Waals surface area contributed by atoms with Gasteiger partial charge in [-0.1, -0.05) is 34.4 Å². The Balaban J connectivity index is 1.75. The van der Waals surface area contributed by atoms with Crippen molar-refractivity contribution in [1.29, 1.82) is 0 Å². The van der Waals surface area contributed by atoms with Crippen molar-refractivity contribution in [2.45, 2.75) is 50.6 Å². The molecule has 6 nitrogen and oxygen atoms in total. The summed E-state index contributed by atoms with van der Waals surface area (Å²) in [5.41, 5.74) is 0. The molecule has 0 aromatic rings. The minimum atomic E-state index is -0.768. The van der Waals surface area contributed by atoms with E-state index in [2.05, 4.69) is 9.80 Å². The van der Waals surface area contributed by atoms with Gasteiger partial charge in [-0.3, -0.25) is 19.4 Å². The summed E-state index contributed by atoms with van der Waals surface area (Å²) >= 11 is 0. The molecule has 24 heavy (non-hydrogen) atoms. The molecule has 2 aliphatic rings. The third kappa shape index (κ3) is 6.13. The Morgan fingerprint density at radius 2 is 1.04 bits per heavy atom. The van der Waals surface area contributed by atoms with Gasteiger partial charge in [0.15, 0.2) is 0 Å². The fourth-order valence-electron chi connectivity index (χ4n) is 3.35. The topological polar surface area (TPSA) is 81.1 Å². The van der Waals surface area contributed by atoms with Crippen molar-refractivity contribution in [3.05, 3.63) is 0 Å². The third-order valence-corrected chi connectivity index (χ3v) is 7.15. The van der Waals surface area contributed by atoms with Crippen molar-refractivity contribution >= 4 is 33.5 Å². The minimum absolute atomic E-state index is 0.457. The fraction of sp³-hybridized carbons (Fsp3) is 0.875. The lowest BCUT2D eigenvalue weighted by atomic mass is 10.1. The summed E-state index contributed by atoms with van der Waals surface area (Å²) in [6, 6.07) is -0.915. The zero-order valence-electron chi connectivity index (χ0n) is 14.1. The first-order valence-electron chi connectivity index (χ1n) is 8.77. The molecule has 2 unspecified atom stereocenters.